The van der Waals surface area contributed by atoms with Crippen LogP contribution in [0.4, 0.5) is 0 Å². The summed E-state index contributed by atoms with van der Waals surface area (Å²) in [5.41, 5.74) is 5.32. The first kappa shape index (κ1) is 17.8. The molecular formula is C23H28O2S. The van der Waals surface area contributed by atoms with Gasteiger partial charge < -0.3 is 5.11 Å². The fourth-order valence-electron chi connectivity index (χ4n) is 4.83. The first-order chi connectivity index (χ1) is 12.1. The van der Waals surface area contributed by atoms with Crippen LogP contribution in [0.2, 0.25) is 0 Å². The van der Waals surface area contributed by atoms with Crippen LogP contribution in [0.15, 0.2) is 24.3 Å². The molecule has 1 N–H and O–H groups in total. The minimum Gasteiger partial charge on any atom is -0.478 e. The second-order valence-corrected chi connectivity index (χ2v) is 10.5. The highest BCUT2D eigenvalue weighted by molar-refractivity contribution is 7.12. The van der Waals surface area contributed by atoms with E-state index in [1.165, 1.54) is 41.7 Å². The lowest BCUT2D eigenvalue weighted by molar-refractivity contribution is 0.0697. The van der Waals surface area contributed by atoms with Gasteiger partial charge in [0.25, 0.3) is 0 Å². The molecule has 1 fully saturated rings. The first-order valence-corrected chi connectivity index (χ1v) is 10.4. The van der Waals surface area contributed by atoms with Crippen molar-refractivity contribution in [3.8, 4) is 0 Å². The lowest BCUT2D eigenvalue weighted by Gasteiger charge is -2.40. The summed E-state index contributed by atoms with van der Waals surface area (Å²) in [4.78, 5) is 14.3. The van der Waals surface area contributed by atoms with E-state index in [4.69, 9.17) is 0 Å². The number of benzene rings is 1. The van der Waals surface area contributed by atoms with Gasteiger partial charge in [0.05, 0.1) is 5.56 Å². The van der Waals surface area contributed by atoms with Crippen LogP contribution in [0, 0.1) is 6.92 Å². The predicted octanol–water partition coefficient (Wildman–Crippen LogP) is 6.18. The molecule has 2 aliphatic carbocycles. The summed E-state index contributed by atoms with van der Waals surface area (Å²) in [6.07, 6.45) is 4.82. The fourth-order valence-corrected chi connectivity index (χ4v) is 6.72. The molecule has 0 amide bonds. The van der Waals surface area contributed by atoms with E-state index in [0.29, 0.717) is 5.56 Å². The normalized spacial score (nSPS) is 21.9. The SMILES string of the molecule is Cc1c(C2(c3ccc(C(=O)O)cc3)CC2)sc2c1C(C)(C)CCC2(C)C. The van der Waals surface area contributed by atoms with Crippen molar-refractivity contribution >= 4 is 17.3 Å². The van der Waals surface area contributed by atoms with Crippen LogP contribution < -0.4 is 0 Å². The minimum atomic E-state index is -0.854. The summed E-state index contributed by atoms with van der Waals surface area (Å²) in [7, 11) is 0. The Bertz CT molecular complexity index is 880. The number of rotatable bonds is 3. The molecular weight excluding hydrogens is 340 g/mol. The molecule has 0 saturated heterocycles. The summed E-state index contributed by atoms with van der Waals surface area (Å²) in [5.74, 6) is -0.854. The van der Waals surface area contributed by atoms with Crippen LogP contribution in [0.5, 0.6) is 0 Å². The number of carboxylic acids is 1. The summed E-state index contributed by atoms with van der Waals surface area (Å²) in [5, 5.41) is 9.18. The van der Waals surface area contributed by atoms with Gasteiger partial charge in [-0.2, -0.15) is 0 Å². The third-order valence-corrected chi connectivity index (χ3v) is 8.54. The molecule has 1 saturated carbocycles. The zero-order valence-electron chi connectivity index (χ0n) is 16.4. The van der Waals surface area contributed by atoms with E-state index in [1.807, 2.05) is 23.5 Å². The van der Waals surface area contributed by atoms with Crippen LogP contribution in [-0.4, -0.2) is 11.1 Å². The van der Waals surface area contributed by atoms with Crippen LogP contribution in [0.25, 0.3) is 0 Å². The molecule has 2 aromatic rings. The summed E-state index contributed by atoms with van der Waals surface area (Å²) < 4.78 is 0. The van der Waals surface area contributed by atoms with Crippen molar-refractivity contribution < 1.29 is 9.90 Å². The molecule has 2 aliphatic rings. The van der Waals surface area contributed by atoms with E-state index in [9.17, 15) is 9.90 Å². The van der Waals surface area contributed by atoms with Gasteiger partial charge >= 0.3 is 5.97 Å². The molecule has 0 aliphatic heterocycles. The molecule has 4 rings (SSSR count). The Kier molecular flexibility index (Phi) is 3.73. The van der Waals surface area contributed by atoms with Crippen molar-refractivity contribution in [1.82, 2.24) is 0 Å². The number of carboxylic acid groups (broad SMARTS) is 1. The van der Waals surface area contributed by atoms with Gasteiger partial charge in [-0.25, -0.2) is 4.79 Å². The Balaban J connectivity index is 1.84. The Hall–Kier alpha value is -1.61. The molecule has 3 heteroatoms. The Morgan fingerprint density at radius 2 is 1.50 bits per heavy atom. The standard InChI is InChI=1S/C23H28O2S/c1-14-17-19(22(4,5)11-10-21(17,2)3)26-18(14)23(12-13-23)16-8-6-15(7-9-16)20(24)25/h6-9H,10-13H2,1-5H3,(H,24,25). The molecule has 1 heterocycles. The molecule has 138 valence electrons. The van der Waals surface area contributed by atoms with Crippen molar-refractivity contribution in [2.24, 2.45) is 0 Å². The molecule has 0 radical (unpaired) electrons. The molecule has 0 bridgehead atoms. The number of aromatic carboxylic acids is 1. The van der Waals surface area contributed by atoms with E-state index in [0.717, 1.165) is 0 Å². The highest BCUT2D eigenvalue weighted by Crippen LogP contribution is 2.61. The van der Waals surface area contributed by atoms with Gasteiger partial charge in [0.1, 0.15) is 0 Å². The van der Waals surface area contributed by atoms with Crippen LogP contribution in [0.1, 0.15) is 90.2 Å². The van der Waals surface area contributed by atoms with Gasteiger partial charge in [0, 0.05) is 15.2 Å². The van der Waals surface area contributed by atoms with Gasteiger partial charge in [-0.3, -0.25) is 0 Å². The Labute approximate surface area is 160 Å². The zero-order valence-corrected chi connectivity index (χ0v) is 17.2. The number of fused-ring (bicyclic) bond motifs is 1. The maximum atomic E-state index is 11.2. The van der Waals surface area contributed by atoms with Gasteiger partial charge in [-0.1, -0.05) is 39.8 Å². The van der Waals surface area contributed by atoms with E-state index in [1.54, 1.807) is 22.6 Å². The molecule has 1 aromatic carbocycles. The summed E-state index contributed by atoms with van der Waals surface area (Å²) >= 11 is 2.03. The second kappa shape index (κ2) is 5.45. The van der Waals surface area contributed by atoms with Gasteiger partial charge in [-0.15, -0.1) is 11.3 Å². The maximum Gasteiger partial charge on any atom is 0.335 e. The first-order valence-electron chi connectivity index (χ1n) is 9.57. The van der Waals surface area contributed by atoms with Crippen LogP contribution in [-0.2, 0) is 16.2 Å². The van der Waals surface area contributed by atoms with Gasteiger partial charge in [0.15, 0.2) is 0 Å². The van der Waals surface area contributed by atoms with Crippen molar-refractivity contribution in [3.63, 3.8) is 0 Å². The molecule has 0 spiro atoms. The quantitative estimate of drug-likeness (QED) is 0.702. The van der Waals surface area contributed by atoms with Crippen LogP contribution >= 0.6 is 11.3 Å². The second-order valence-electron chi connectivity index (χ2n) is 9.49. The molecule has 0 atom stereocenters. The highest BCUT2D eigenvalue weighted by atomic mass is 32.1. The minimum absolute atomic E-state index is 0.106. The fraction of sp³-hybridized carbons (Fsp3) is 0.522. The largest absolute Gasteiger partial charge is 0.478 e. The smallest absolute Gasteiger partial charge is 0.335 e. The lowest BCUT2D eigenvalue weighted by Crippen LogP contribution is -2.32. The molecule has 26 heavy (non-hydrogen) atoms. The number of thiophene rings is 1. The van der Waals surface area contributed by atoms with E-state index in [-0.39, 0.29) is 16.2 Å². The molecule has 1 aromatic heterocycles. The predicted molar refractivity (Wildman–Crippen MR) is 108 cm³/mol. The number of hydrogen-bond acceptors (Lipinski definition) is 2. The number of hydrogen-bond donors (Lipinski definition) is 1. The molecule has 2 nitrogen and oxygen atoms in total. The third kappa shape index (κ3) is 2.47. The third-order valence-electron chi connectivity index (χ3n) is 6.68. The highest BCUT2D eigenvalue weighted by Gasteiger charge is 2.51. The average Bonchev–Trinajstić information content (AvgIpc) is 3.29. The number of carbonyl (C=O) groups is 1. The van der Waals surface area contributed by atoms with Crippen molar-refractivity contribution in [2.45, 2.75) is 76.5 Å². The van der Waals surface area contributed by atoms with Crippen molar-refractivity contribution in [3.05, 3.63) is 56.3 Å². The monoisotopic (exact) mass is 368 g/mol. The van der Waals surface area contributed by atoms with Gasteiger partial charge in [-0.05, 0) is 72.3 Å². The topological polar surface area (TPSA) is 37.3 Å². The van der Waals surface area contributed by atoms with E-state index < -0.39 is 5.97 Å². The van der Waals surface area contributed by atoms with Crippen LogP contribution in [0.3, 0.4) is 0 Å². The van der Waals surface area contributed by atoms with Gasteiger partial charge in [0.2, 0.25) is 0 Å². The van der Waals surface area contributed by atoms with Crippen molar-refractivity contribution in [1.29, 1.82) is 0 Å². The molecule has 0 unspecified atom stereocenters. The Morgan fingerprint density at radius 3 is 2.00 bits per heavy atom. The van der Waals surface area contributed by atoms with Crippen molar-refractivity contribution in [2.75, 3.05) is 0 Å². The summed E-state index contributed by atoms with van der Waals surface area (Å²) in [6.45, 7) is 11.9. The maximum absolute atomic E-state index is 11.2. The van der Waals surface area contributed by atoms with E-state index in [2.05, 4.69) is 34.6 Å². The lowest BCUT2D eigenvalue weighted by atomic mass is 9.65. The van der Waals surface area contributed by atoms with E-state index >= 15 is 0 Å². The zero-order chi connectivity index (χ0) is 18.9. The average molecular weight is 369 g/mol. The Morgan fingerprint density at radius 1 is 0.923 bits per heavy atom. The summed E-state index contributed by atoms with van der Waals surface area (Å²) in [6, 6.07) is 7.58.